The molecule has 2 aromatic rings. The van der Waals surface area contributed by atoms with Gasteiger partial charge in [0.05, 0.1) is 18.1 Å². The first-order valence-electron chi connectivity index (χ1n) is 13.1. The maximum Gasteiger partial charge on any atom is 0.330 e. The molecule has 0 spiro atoms. The summed E-state index contributed by atoms with van der Waals surface area (Å²) >= 11 is 0. The number of aromatic nitrogens is 2. The van der Waals surface area contributed by atoms with Gasteiger partial charge in [-0.1, -0.05) is 39.2 Å². The molecule has 0 unspecified atom stereocenters. The fourth-order valence-corrected chi connectivity index (χ4v) is 3.82. The third kappa shape index (κ3) is 8.84. The van der Waals surface area contributed by atoms with Gasteiger partial charge >= 0.3 is 11.7 Å². The highest BCUT2D eigenvalue weighted by molar-refractivity contribution is 5.98. The van der Waals surface area contributed by atoms with E-state index in [9.17, 15) is 24.0 Å². The summed E-state index contributed by atoms with van der Waals surface area (Å²) in [6.07, 6.45) is 1.92. The van der Waals surface area contributed by atoms with Crippen molar-refractivity contribution in [3.8, 4) is 6.07 Å². The molecular weight excluding hydrogens is 504 g/mol. The number of nitrogens with one attached hydrogen (secondary N) is 2. The number of esters is 1. The number of nitrogen functional groups attached to an aromatic ring is 1. The fraction of sp³-hybridized carbons (Fsp3) is 0.481. The summed E-state index contributed by atoms with van der Waals surface area (Å²) in [5.41, 5.74) is 5.40. The summed E-state index contributed by atoms with van der Waals surface area (Å²) in [4.78, 5) is 66.5. The third-order valence-corrected chi connectivity index (χ3v) is 5.99. The Kier molecular flexibility index (Phi) is 11.9. The first-order valence-corrected chi connectivity index (χ1v) is 13.1. The van der Waals surface area contributed by atoms with E-state index in [1.165, 1.54) is 22.5 Å². The zero-order valence-electron chi connectivity index (χ0n) is 22.6. The number of benzene rings is 1. The van der Waals surface area contributed by atoms with E-state index < -0.39 is 35.1 Å². The minimum atomic E-state index is -1.15. The Morgan fingerprint density at radius 1 is 1.15 bits per heavy atom. The number of nitrogens with zero attached hydrogens (tertiary/aromatic N) is 3. The Morgan fingerprint density at radius 3 is 2.54 bits per heavy atom. The second-order valence-electron chi connectivity index (χ2n) is 9.06. The lowest BCUT2D eigenvalue weighted by Crippen LogP contribution is -2.42. The number of unbranched alkanes of at least 4 members (excludes halogenated alkanes) is 3. The number of hydrogen-bond donors (Lipinski definition) is 3. The van der Waals surface area contributed by atoms with Crippen molar-refractivity contribution in [2.75, 3.05) is 22.5 Å². The molecule has 0 aliphatic heterocycles. The molecule has 0 aliphatic rings. The Morgan fingerprint density at radius 2 is 1.87 bits per heavy atom. The monoisotopic (exact) mass is 540 g/mol. The van der Waals surface area contributed by atoms with Gasteiger partial charge in [-0.15, -0.1) is 0 Å². The molecule has 210 valence electrons. The van der Waals surface area contributed by atoms with E-state index in [0.717, 1.165) is 19.3 Å². The molecule has 12 heteroatoms. The van der Waals surface area contributed by atoms with Gasteiger partial charge < -0.3 is 20.7 Å². The molecule has 1 aromatic heterocycles. The predicted octanol–water partition coefficient (Wildman–Crippen LogP) is 2.66. The van der Waals surface area contributed by atoms with Gasteiger partial charge in [0.15, 0.2) is 11.8 Å². The van der Waals surface area contributed by atoms with Crippen LogP contribution in [0.5, 0.6) is 0 Å². The van der Waals surface area contributed by atoms with Crippen molar-refractivity contribution < 1.29 is 19.1 Å². The second-order valence-corrected chi connectivity index (χ2v) is 9.06. The average Bonchev–Trinajstić information content (AvgIpc) is 2.90. The van der Waals surface area contributed by atoms with Crippen LogP contribution in [-0.4, -0.2) is 40.0 Å². The number of hydrogen-bond acceptors (Lipinski definition) is 8. The summed E-state index contributed by atoms with van der Waals surface area (Å²) < 4.78 is 6.41. The molecule has 4 N–H and O–H groups in total. The number of ether oxygens (including phenoxy) is 1. The van der Waals surface area contributed by atoms with Crippen LogP contribution in [0.25, 0.3) is 0 Å². The molecule has 0 bridgehead atoms. The van der Waals surface area contributed by atoms with Gasteiger partial charge in [-0.25, -0.2) is 4.79 Å². The van der Waals surface area contributed by atoms with E-state index in [4.69, 9.17) is 15.7 Å². The van der Waals surface area contributed by atoms with Gasteiger partial charge in [0, 0.05) is 25.2 Å². The molecule has 0 fully saturated rings. The van der Waals surface area contributed by atoms with Crippen LogP contribution in [0.1, 0.15) is 71.3 Å². The molecule has 0 radical (unpaired) electrons. The van der Waals surface area contributed by atoms with Gasteiger partial charge in [0.1, 0.15) is 5.82 Å². The lowest BCUT2D eigenvalue weighted by Gasteiger charge is -2.24. The van der Waals surface area contributed by atoms with Crippen LogP contribution in [-0.2, 0) is 25.7 Å². The average molecular weight is 541 g/mol. The highest BCUT2D eigenvalue weighted by Crippen LogP contribution is 2.20. The van der Waals surface area contributed by atoms with Crippen LogP contribution in [0.4, 0.5) is 17.2 Å². The number of carbonyl (C=O) groups excluding carboxylic acids is 3. The van der Waals surface area contributed by atoms with Crippen LogP contribution in [0, 0.1) is 11.3 Å². The number of rotatable bonds is 14. The number of anilines is 3. The van der Waals surface area contributed by atoms with Gasteiger partial charge in [-0.05, 0) is 38.0 Å². The van der Waals surface area contributed by atoms with E-state index in [0.29, 0.717) is 24.1 Å². The van der Waals surface area contributed by atoms with Crippen LogP contribution in [0.15, 0.2) is 33.9 Å². The van der Waals surface area contributed by atoms with E-state index in [1.54, 1.807) is 18.2 Å². The van der Waals surface area contributed by atoms with Gasteiger partial charge in [0.2, 0.25) is 5.91 Å². The molecule has 39 heavy (non-hydrogen) atoms. The SMILES string of the molecule is CCCCCN(C(=O)CCC(=O)O[C@@H](C)C(=O)Nc1cccc(C#N)c1)c1c(N)n(CCCC)c(=O)[nH]c1=O. The van der Waals surface area contributed by atoms with Gasteiger partial charge in [0.25, 0.3) is 11.5 Å². The highest BCUT2D eigenvalue weighted by atomic mass is 16.5. The van der Waals surface area contributed by atoms with E-state index >= 15 is 0 Å². The third-order valence-electron chi connectivity index (χ3n) is 5.99. The Bertz CT molecular complexity index is 1330. The summed E-state index contributed by atoms with van der Waals surface area (Å²) in [7, 11) is 0. The number of nitriles is 1. The first kappa shape index (κ1) is 30.8. The van der Waals surface area contributed by atoms with Gasteiger partial charge in [-0.2, -0.15) is 5.26 Å². The highest BCUT2D eigenvalue weighted by Gasteiger charge is 2.25. The maximum atomic E-state index is 13.2. The summed E-state index contributed by atoms with van der Waals surface area (Å²) in [5.74, 6) is -2.01. The minimum absolute atomic E-state index is 0.101. The van der Waals surface area contributed by atoms with E-state index in [2.05, 4.69) is 10.3 Å². The number of nitrogens with two attached hydrogens (primary N) is 1. The lowest BCUT2D eigenvalue weighted by molar-refractivity contribution is -0.153. The Labute approximate surface area is 226 Å². The summed E-state index contributed by atoms with van der Waals surface area (Å²) in [6.45, 7) is 5.80. The number of H-pyrrole nitrogens is 1. The Hall–Kier alpha value is -4.40. The van der Waals surface area contributed by atoms with Gasteiger partial charge in [-0.3, -0.25) is 28.7 Å². The molecule has 2 amide bonds. The topological polar surface area (TPSA) is 180 Å². The van der Waals surface area contributed by atoms with Crippen molar-refractivity contribution in [1.82, 2.24) is 9.55 Å². The number of amides is 2. The predicted molar refractivity (Wildman–Crippen MR) is 147 cm³/mol. The van der Waals surface area contributed by atoms with Crippen LogP contribution >= 0.6 is 0 Å². The smallest absolute Gasteiger partial charge is 0.330 e. The fourth-order valence-electron chi connectivity index (χ4n) is 3.82. The van der Waals surface area contributed by atoms with Crippen LogP contribution in [0.2, 0.25) is 0 Å². The summed E-state index contributed by atoms with van der Waals surface area (Å²) in [6, 6.07) is 8.24. The number of carbonyl (C=O) groups is 3. The summed E-state index contributed by atoms with van der Waals surface area (Å²) in [5, 5.41) is 11.6. The van der Waals surface area contributed by atoms with E-state index in [-0.39, 0.29) is 37.4 Å². The molecule has 0 saturated heterocycles. The zero-order valence-corrected chi connectivity index (χ0v) is 22.6. The normalized spacial score (nSPS) is 11.3. The van der Waals surface area contributed by atoms with Crippen LogP contribution in [0.3, 0.4) is 0 Å². The molecule has 0 aliphatic carbocycles. The molecule has 1 atom stereocenters. The van der Waals surface area contributed by atoms with E-state index in [1.807, 2.05) is 19.9 Å². The molecular formula is C27H36N6O6. The maximum absolute atomic E-state index is 13.2. The molecule has 1 heterocycles. The van der Waals surface area contributed by atoms with Crippen molar-refractivity contribution in [3.05, 3.63) is 50.7 Å². The quantitative estimate of drug-likeness (QED) is 0.241. The van der Waals surface area contributed by atoms with Crippen LogP contribution < -0.4 is 27.2 Å². The largest absolute Gasteiger partial charge is 0.453 e. The molecule has 12 nitrogen and oxygen atoms in total. The number of aromatic amines is 1. The second kappa shape index (κ2) is 15.1. The zero-order chi connectivity index (χ0) is 28.9. The lowest BCUT2D eigenvalue weighted by atomic mass is 10.2. The molecule has 2 rings (SSSR count). The van der Waals surface area contributed by atoms with Crippen molar-refractivity contribution >= 4 is 35.0 Å². The Balaban J connectivity index is 2.11. The van der Waals surface area contributed by atoms with Crippen molar-refractivity contribution in [1.29, 1.82) is 5.26 Å². The minimum Gasteiger partial charge on any atom is -0.453 e. The van der Waals surface area contributed by atoms with Crippen molar-refractivity contribution in [2.45, 2.75) is 78.4 Å². The molecule has 0 saturated carbocycles. The van der Waals surface area contributed by atoms with Crippen molar-refractivity contribution in [2.24, 2.45) is 0 Å². The first-order chi connectivity index (χ1) is 18.6. The standard InChI is InChI=1S/C27H36N6O6/c1-4-6-8-15-32(23-24(29)33(14-7-5-2)27(38)31-26(23)37)21(34)12-13-22(35)39-18(3)25(36)30-20-11-9-10-19(16-20)17-28/h9-11,16,18H,4-8,12-15,29H2,1-3H3,(H,30,36)(H,31,37,38)/t18-/m0/s1. The molecule has 1 aromatic carbocycles. The van der Waals surface area contributed by atoms with Crippen molar-refractivity contribution in [3.63, 3.8) is 0 Å².